The first-order valence-corrected chi connectivity index (χ1v) is 30.0. The molecule has 0 bridgehead atoms. The first-order chi connectivity index (χ1) is 35.4. The zero-order valence-corrected chi connectivity index (χ0v) is 46.8. The number of sulfone groups is 2. The first-order valence-electron chi connectivity index (χ1n) is 24.6. The summed E-state index contributed by atoms with van der Waals surface area (Å²) in [5, 5.41) is 12.8. The minimum atomic E-state index is -3.46. The van der Waals surface area contributed by atoms with Crippen molar-refractivity contribution in [2.24, 2.45) is 0 Å². The quantitative estimate of drug-likeness (QED) is 0.0719. The summed E-state index contributed by atoms with van der Waals surface area (Å²) < 4.78 is 65.5. The molecule has 8 aromatic rings. The Morgan fingerprint density at radius 3 is 1.60 bits per heavy atom. The van der Waals surface area contributed by atoms with Gasteiger partial charge < -0.3 is 14.6 Å². The highest BCUT2D eigenvalue weighted by atomic mass is 32.2. The molecule has 0 aliphatic carbocycles. The van der Waals surface area contributed by atoms with Gasteiger partial charge in [-0.15, -0.1) is 22.7 Å². The maximum absolute atomic E-state index is 14.6. The number of hydrogen-bond donors (Lipinski definition) is 1. The fourth-order valence-corrected chi connectivity index (χ4v) is 12.5. The molecule has 0 amide bonds. The third-order valence-electron chi connectivity index (χ3n) is 13.3. The highest BCUT2D eigenvalue weighted by molar-refractivity contribution is 7.91. The Balaban J connectivity index is 1.20. The Morgan fingerprint density at radius 1 is 0.613 bits per heavy atom. The largest absolute Gasteiger partial charge is 0.465 e. The summed E-state index contributed by atoms with van der Waals surface area (Å²) in [5.74, 6) is -0.311. The third-order valence-corrected chi connectivity index (χ3v) is 17.8. The highest BCUT2D eigenvalue weighted by Crippen LogP contribution is 2.41. The predicted molar refractivity (Wildman–Crippen MR) is 296 cm³/mol. The summed E-state index contributed by atoms with van der Waals surface area (Å²) in [4.78, 5) is 41.4. The number of carbonyl (C=O) groups is 2. The van der Waals surface area contributed by atoms with E-state index in [0.29, 0.717) is 46.4 Å². The molecule has 8 rings (SSSR count). The van der Waals surface area contributed by atoms with Crippen molar-refractivity contribution in [2.45, 2.75) is 99.9 Å². The summed E-state index contributed by atoms with van der Waals surface area (Å²) in [6.45, 7) is 12.9. The SMILES string of the molecule is CCOC(=O)C(C)(Cc1ccccc1)c1nc(C(C)Cc2ccccc2CC(C)(C(=O)OCC)c2nc(C(C)(C)O)cn2-c2ccc(-c3cccc(S(C)(=O)=O)c3)s2)cn1-c1ccc(-c2cccc(S(C)(=O)=O)c2)s1. The number of ether oxygens (including phenoxy) is 2. The van der Waals surface area contributed by atoms with Gasteiger partial charge in [-0.25, -0.2) is 26.8 Å². The molecule has 0 spiro atoms. The van der Waals surface area contributed by atoms with E-state index in [0.717, 1.165) is 37.0 Å². The van der Waals surface area contributed by atoms with Crippen LogP contribution in [0.1, 0.15) is 94.1 Å². The minimum Gasteiger partial charge on any atom is -0.465 e. The van der Waals surface area contributed by atoms with E-state index >= 15 is 0 Å². The van der Waals surface area contributed by atoms with E-state index in [2.05, 4.69) is 6.92 Å². The summed E-state index contributed by atoms with van der Waals surface area (Å²) in [5.41, 5.74) is 1.22. The van der Waals surface area contributed by atoms with Crippen LogP contribution < -0.4 is 0 Å². The van der Waals surface area contributed by atoms with Crippen LogP contribution in [0.5, 0.6) is 0 Å². The number of imidazole rings is 2. The lowest BCUT2D eigenvalue weighted by Gasteiger charge is -2.28. The van der Waals surface area contributed by atoms with Gasteiger partial charge in [-0.3, -0.25) is 18.7 Å². The van der Waals surface area contributed by atoms with E-state index in [1.165, 1.54) is 35.2 Å². The molecule has 0 fully saturated rings. The van der Waals surface area contributed by atoms with E-state index in [9.17, 15) is 31.5 Å². The number of thiophene rings is 2. The fraction of sp³-hybridized carbons (Fsp3) is 0.310. The van der Waals surface area contributed by atoms with Crippen LogP contribution in [0.4, 0.5) is 0 Å². The Morgan fingerprint density at radius 2 is 1.09 bits per heavy atom. The number of hydrogen-bond acceptors (Lipinski definition) is 13. The number of nitrogens with zero attached hydrogens (tertiary/aromatic N) is 4. The van der Waals surface area contributed by atoms with E-state index < -0.39 is 48.0 Å². The van der Waals surface area contributed by atoms with Crippen molar-refractivity contribution in [3.8, 4) is 30.9 Å². The molecule has 0 aliphatic heterocycles. The van der Waals surface area contributed by atoms with Gasteiger partial charge in [0.05, 0.1) is 34.4 Å². The lowest BCUT2D eigenvalue weighted by molar-refractivity contribution is -0.150. The van der Waals surface area contributed by atoms with Crippen LogP contribution in [0, 0.1) is 0 Å². The number of benzene rings is 4. The third kappa shape index (κ3) is 11.8. The number of carbonyl (C=O) groups excluding carboxylic acids is 2. The summed E-state index contributed by atoms with van der Waals surface area (Å²) in [6.07, 6.45) is 7.02. The first kappa shape index (κ1) is 54.8. The van der Waals surface area contributed by atoms with Gasteiger partial charge in [0.15, 0.2) is 19.7 Å². The topological polar surface area (TPSA) is 177 Å². The molecule has 0 radical (unpaired) electrons. The molecule has 4 aromatic carbocycles. The Kier molecular flexibility index (Phi) is 15.8. The molecule has 4 aromatic heterocycles. The molecular formula is C58H62N4O9S4. The van der Waals surface area contributed by atoms with Crippen molar-refractivity contribution >= 4 is 54.3 Å². The number of aliphatic hydroxyl groups is 1. The van der Waals surface area contributed by atoms with E-state index in [1.807, 2.05) is 120 Å². The fourth-order valence-electron chi connectivity index (χ4n) is 9.22. The summed E-state index contributed by atoms with van der Waals surface area (Å²) in [7, 11) is -6.92. The molecule has 75 heavy (non-hydrogen) atoms. The van der Waals surface area contributed by atoms with E-state index in [1.54, 1.807) is 70.3 Å². The number of rotatable bonds is 20. The van der Waals surface area contributed by atoms with Gasteiger partial charge >= 0.3 is 11.9 Å². The Bertz CT molecular complexity index is 3610. The van der Waals surface area contributed by atoms with Gasteiger partial charge in [-0.1, -0.05) is 85.8 Å². The monoisotopic (exact) mass is 1090 g/mol. The second kappa shape index (κ2) is 21.6. The van der Waals surface area contributed by atoms with Crippen molar-refractivity contribution in [3.05, 3.63) is 180 Å². The summed E-state index contributed by atoms with van der Waals surface area (Å²) in [6, 6.07) is 39.0. The Labute approximate surface area is 447 Å². The lowest BCUT2D eigenvalue weighted by atomic mass is 9.80. The zero-order valence-electron chi connectivity index (χ0n) is 43.5. The number of aromatic nitrogens is 4. The second-order valence-electron chi connectivity index (χ2n) is 19.9. The average molecular weight is 1090 g/mol. The highest BCUT2D eigenvalue weighted by Gasteiger charge is 2.45. The average Bonchev–Trinajstić information content (AvgIpc) is 4.21. The number of esters is 2. The molecule has 3 atom stereocenters. The van der Waals surface area contributed by atoms with Crippen LogP contribution >= 0.6 is 22.7 Å². The van der Waals surface area contributed by atoms with Crippen LogP contribution in [0.15, 0.2) is 150 Å². The molecule has 0 aliphatic rings. The van der Waals surface area contributed by atoms with Crippen LogP contribution in [0.2, 0.25) is 0 Å². The zero-order chi connectivity index (χ0) is 54.1. The van der Waals surface area contributed by atoms with Gasteiger partial charge in [-0.05, 0) is 137 Å². The van der Waals surface area contributed by atoms with Crippen molar-refractivity contribution < 1.29 is 41.0 Å². The molecule has 0 saturated carbocycles. The molecular weight excluding hydrogens is 1020 g/mol. The van der Waals surface area contributed by atoms with E-state index in [-0.39, 0.29) is 35.3 Å². The van der Waals surface area contributed by atoms with Crippen LogP contribution in [-0.4, -0.2) is 78.7 Å². The van der Waals surface area contributed by atoms with Crippen LogP contribution in [0.3, 0.4) is 0 Å². The van der Waals surface area contributed by atoms with Gasteiger partial charge in [0.25, 0.3) is 0 Å². The van der Waals surface area contributed by atoms with Crippen molar-refractivity contribution in [3.63, 3.8) is 0 Å². The second-order valence-corrected chi connectivity index (χ2v) is 26.1. The predicted octanol–water partition coefficient (Wildman–Crippen LogP) is 11.0. The van der Waals surface area contributed by atoms with Crippen LogP contribution in [0.25, 0.3) is 30.9 Å². The maximum Gasteiger partial charge on any atom is 0.319 e. The van der Waals surface area contributed by atoms with Gasteiger partial charge in [0.1, 0.15) is 38.1 Å². The molecule has 3 unspecified atom stereocenters. The maximum atomic E-state index is 14.6. The molecule has 13 nitrogen and oxygen atoms in total. The minimum absolute atomic E-state index is 0.116. The normalized spacial score (nSPS) is 14.2. The standard InChI is InChI=1S/C58H62N4O9S4/c1-10-70-54(63)57(6,34-39-19-13-12-14-20-39)52-59-46(36-61(52)50-29-27-47(72-50)41-23-17-25-44(32-41)74(8,66)67)38(3)31-40-21-15-16-22-43(40)35-58(7,55(64)71-11-2)53-60-49(56(4,5)65)37-62(53)51-30-28-48(73-51)42-24-18-26-45(33-42)75(9,68)69/h12-30,32-33,36-38,65H,10-11,31,34-35H2,1-9H3. The molecule has 17 heteroatoms. The molecule has 4 heterocycles. The smallest absolute Gasteiger partial charge is 0.319 e. The van der Waals surface area contributed by atoms with Gasteiger partial charge in [0, 0.05) is 40.6 Å². The summed E-state index contributed by atoms with van der Waals surface area (Å²) >= 11 is 2.85. The van der Waals surface area contributed by atoms with Gasteiger partial charge in [-0.2, -0.15) is 0 Å². The van der Waals surface area contributed by atoms with E-state index in [4.69, 9.17) is 19.4 Å². The van der Waals surface area contributed by atoms with Crippen molar-refractivity contribution in [2.75, 3.05) is 25.7 Å². The molecule has 1 N–H and O–H groups in total. The molecule has 0 saturated heterocycles. The van der Waals surface area contributed by atoms with Crippen molar-refractivity contribution in [1.82, 2.24) is 19.1 Å². The Hall–Kier alpha value is -6.50. The van der Waals surface area contributed by atoms with Gasteiger partial charge in [0.2, 0.25) is 0 Å². The van der Waals surface area contributed by atoms with Crippen LogP contribution in [-0.2, 0) is 74.4 Å². The lowest BCUT2D eigenvalue weighted by Crippen LogP contribution is -2.39. The molecule has 392 valence electrons. The van der Waals surface area contributed by atoms with Crippen molar-refractivity contribution in [1.29, 1.82) is 0 Å².